The molecule has 0 radical (unpaired) electrons. The Morgan fingerprint density at radius 3 is 2.70 bits per heavy atom. The first-order chi connectivity index (χ1) is 14.4. The van der Waals surface area contributed by atoms with E-state index in [1.165, 1.54) is 0 Å². The Morgan fingerprint density at radius 2 is 2.03 bits per heavy atom. The Bertz CT molecular complexity index is 1000. The summed E-state index contributed by atoms with van der Waals surface area (Å²) in [7, 11) is 1.86. The number of aromatic nitrogens is 1. The maximum absolute atomic E-state index is 13.3. The van der Waals surface area contributed by atoms with Crippen molar-refractivity contribution in [2.24, 2.45) is 0 Å². The van der Waals surface area contributed by atoms with Gasteiger partial charge in [0.2, 0.25) is 5.91 Å². The monoisotopic (exact) mass is 423 g/mol. The number of likely N-dealkylation sites (N-methyl/N-ethyl adjacent to an activating group) is 1. The van der Waals surface area contributed by atoms with Crippen LogP contribution in [0.4, 0.5) is 0 Å². The molecule has 7 nitrogen and oxygen atoms in total. The minimum absolute atomic E-state index is 0.0831. The van der Waals surface area contributed by atoms with Gasteiger partial charge in [0.25, 0.3) is 5.91 Å². The Kier molecular flexibility index (Phi) is 5.58. The molecule has 2 saturated heterocycles. The molecule has 30 heavy (non-hydrogen) atoms. The van der Waals surface area contributed by atoms with Gasteiger partial charge < -0.3 is 9.80 Å². The van der Waals surface area contributed by atoms with Gasteiger partial charge in [-0.1, -0.05) is 6.07 Å². The third-order valence-corrected chi connectivity index (χ3v) is 7.01. The fraction of sp³-hybridized carbons (Fsp3) is 0.455. The summed E-state index contributed by atoms with van der Waals surface area (Å²) in [4.78, 5) is 36.7. The van der Waals surface area contributed by atoms with E-state index in [0.717, 1.165) is 17.2 Å². The Labute approximate surface area is 180 Å². The first-order valence-corrected chi connectivity index (χ1v) is 11.0. The van der Waals surface area contributed by atoms with Crippen molar-refractivity contribution in [1.29, 1.82) is 5.26 Å². The predicted molar refractivity (Wildman–Crippen MR) is 114 cm³/mol. The van der Waals surface area contributed by atoms with E-state index in [1.807, 2.05) is 18.9 Å². The van der Waals surface area contributed by atoms with Gasteiger partial charge in [0, 0.05) is 50.7 Å². The SMILES string of the molecule is Cc1nc(CN2CCN(C)C(=O)C23CCN(C(=O)c2cccc(C#N)c2)CC3)cs1. The number of hydrogen-bond donors (Lipinski definition) is 0. The van der Waals surface area contributed by atoms with Gasteiger partial charge in [0.1, 0.15) is 5.54 Å². The van der Waals surface area contributed by atoms with Crippen LogP contribution < -0.4 is 0 Å². The molecule has 1 aromatic carbocycles. The van der Waals surface area contributed by atoms with E-state index in [0.29, 0.717) is 50.1 Å². The molecule has 0 aliphatic carbocycles. The molecular weight excluding hydrogens is 398 g/mol. The molecular formula is C22H25N5O2S. The normalized spacial score (nSPS) is 19.2. The number of rotatable bonds is 3. The molecule has 2 aromatic rings. The second kappa shape index (κ2) is 8.17. The largest absolute Gasteiger partial charge is 0.343 e. The number of hydrogen-bond acceptors (Lipinski definition) is 6. The first kappa shape index (κ1) is 20.5. The molecule has 8 heteroatoms. The van der Waals surface area contributed by atoms with Crippen molar-refractivity contribution in [2.45, 2.75) is 31.8 Å². The summed E-state index contributed by atoms with van der Waals surface area (Å²) < 4.78 is 0. The van der Waals surface area contributed by atoms with Crippen LogP contribution in [0.25, 0.3) is 0 Å². The van der Waals surface area contributed by atoms with E-state index >= 15 is 0 Å². The number of carbonyl (C=O) groups is 2. The van der Waals surface area contributed by atoms with Crippen LogP contribution in [-0.4, -0.2) is 70.3 Å². The quantitative estimate of drug-likeness (QED) is 0.757. The van der Waals surface area contributed by atoms with Crippen molar-refractivity contribution < 1.29 is 9.59 Å². The van der Waals surface area contributed by atoms with Crippen molar-refractivity contribution in [2.75, 3.05) is 33.2 Å². The van der Waals surface area contributed by atoms with E-state index < -0.39 is 5.54 Å². The molecule has 0 atom stereocenters. The summed E-state index contributed by atoms with van der Waals surface area (Å²) in [5, 5.41) is 12.2. The number of likely N-dealkylation sites (tertiary alicyclic amines) is 1. The van der Waals surface area contributed by atoms with Gasteiger partial charge in [-0.05, 0) is 38.0 Å². The van der Waals surface area contributed by atoms with Crippen LogP contribution in [-0.2, 0) is 11.3 Å². The van der Waals surface area contributed by atoms with E-state index in [4.69, 9.17) is 5.26 Å². The van der Waals surface area contributed by atoms with Crippen LogP contribution in [0.1, 0.15) is 39.5 Å². The molecule has 0 saturated carbocycles. The summed E-state index contributed by atoms with van der Waals surface area (Å²) >= 11 is 1.63. The number of carbonyl (C=O) groups excluding carboxylic acids is 2. The zero-order valence-electron chi connectivity index (χ0n) is 17.3. The minimum atomic E-state index is -0.587. The molecule has 4 rings (SSSR count). The number of benzene rings is 1. The number of nitrogens with zero attached hydrogens (tertiary/aromatic N) is 5. The van der Waals surface area contributed by atoms with E-state index in [-0.39, 0.29) is 11.8 Å². The maximum atomic E-state index is 13.3. The zero-order chi connectivity index (χ0) is 21.3. The Hall–Kier alpha value is -2.76. The van der Waals surface area contributed by atoms with Crippen LogP contribution in [0.15, 0.2) is 29.6 Å². The minimum Gasteiger partial charge on any atom is -0.343 e. The molecule has 2 amide bonds. The molecule has 1 spiro atoms. The van der Waals surface area contributed by atoms with Gasteiger partial charge in [-0.15, -0.1) is 11.3 Å². The fourth-order valence-corrected chi connectivity index (χ4v) is 5.10. The van der Waals surface area contributed by atoms with Gasteiger partial charge in [-0.2, -0.15) is 5.26 Å². The van der Waals surface area contributed by atoms with Crippen LogP contribution in [0.5, 0.6) is 0 Å². The first-order valence-electron chi connectivity index (χ1n) is 10.1. The number of aryl methyl sites for hydroxylation is 1. The van der Waals surface area contributed by atoms with E-state index in [1.54, 1.807) is 40.5 Å². The second-order valence-corrected chi connectivity index (χ2v) is 9.08. The number of nitriles is 1. The average Bonchev–Trinajstić information content (AvgIpc) is 3.19. The summed E-state index contributed by atoms with van der Waals surface area (Å²) in [5.74, 6) is 0.0551. The van der Waals surface area contributed by atoms with E-state index in [9.17, 15) is 9.59 Å². The van der Waals surface area contributed by atoms with Gasteiger partial charge in [-0.25, -0.2) is 4.98 Å². The summed E-state index contributed by atoms with van der Waals surface area (Å²) in [6, 6.07) is 8.87. The van der Waals surface area contributed by atoms with Gasteiger partial charge in [0.15, 0.2) is 0 Å². The molecule has 2 fully saturated rings. The van der Waals surface area contributed by atoms with Gasteiger partial charge in [0.05, 0.1) is 22.3 Å². The topological polar surface area (TPSA) is 80.5 Å². The van der Waals surface area contributed by atoms with Gasteiger partial charge >= 0.3 is 0 Å². The molecule has 1 aromatic heterocycles. The van der Waals surface area contributed by atoms with Crippen LogP contribution >= 0.6 is 11.3 Å². The molecule has 156 valence electrons. The van der Waals surface area contributed by atoms with Crippen molar-refractivity contribution in [1.82, 2.24) is 19.7 Å². The van der Waals surface area contributed by atoms with E-state index in [2.05, 4.69) is 21.3 Å². The number of piperazine rings is 1. The average molecular weight is 424 g/mol. The third kappa shape index (κ3) is 3.71. The highest BCUT2D eigenvalue weighted by atomic mass is 32.1. The highest BCUT2D eigenvalue weighted by Crippen LogP contribution is 2.35. The van der Waals surface area contributed by atoms with Crippen molar-refractivity contribution in [3.8, 4) is 6.07 Å². The number of amides is 2. The van der Waals surface area contributed by atoms with Crippen molar-refractivity contribution in [3.63, 3.8) is 0 Å². The standard InChI is InChI=1S/C22H25N5O2S/c1-16-24-19(15-30-16)14-27-11-10-25(2)21(29)22(27)6-8-26(9-7-22)20(28)18-5-3-4-17(12-18)13-23/h3-5,12,15H,6-11,14H2,1-2H3. The predicted octanol–water partition coefficient (Wildman–Crippen LogP) is 2.27. The molecule has 0 bridgehead atoms. The lowest BCUT2D eigenvalue weighted by molar-refractivity contribution is -0.154. The third-order valence-electron chi connectivity index (χ3n) is 6.19. The molecule has 2 aliphatic rings. The van der Waals surface area contributed by atoms with Gasteiger partial charge in [-0.3, -0.25) is 14.5 Å². The molecule has 0 unspecified atom stereocenters. The molecule has 2 aliphatic heterocycles. The van der Waals surface area contributed by atoms with Crippen LogP contribution in [0.3, 0.4) is 0 Å². The highest BCUT2D eigenvalue weighted by molar-refractivity contribution is 7.09. The number of piperidine rings is 1. The summed E-state index contributed by atoms with van der Waals surface area (Å²) in [6.07, 6.45) is 1.20. The van der Waals surface area contributed by atoms with Crippen molar-refractivity contribution in [3.05, 3.63) is 51.5 Å². The van der Waals surface area contributed by atoms with Crippen LogP contribution in [0, 0.1) is 18.3 Å². The zero-order valence-corrected chi connectivity index (χ0v) is 18.1. The summed E-state index contributed by atoms with van der Waals surface area (Å²) in [6.45, 7) is 5.18. The lowest BCUT2D eigenvalue weighted by atomic mass is 9.82. The van der Waals surface area contributed by atoms with Crippen molar-refractivity contribution >= 4 is 23.2 Å². The maximum Gasteiger partial charge on any atom is 0.253 e. The molecule has 3 heterocycles. The highest BCUT2D eigenvalue weighted by Gasteiger charge is 2.50. The molecule has 0 N–H and O–H groups in total. The number of thiazole rings is 1. The smallest absolute Gasteiger partial charge is 0.253 e. The Balaban J connectivity index is 1.52. The second-order valence-electron chi connectivity index (χ2n) is 8.02. The lowest BCUT2D eigenvalue weighted by Crippen LogP contribution is -2.68. The van der Waals surface area contributed by atoms with Crippen LogP contribution in [0.2, 0.25) is 0 Å². The Morgan fingerprint density at radius 1 is 1.27 bits per heavy atom. The fourth-order valence-electron chi connectivity index (χ4n) is 4.50. The summed E-state index contributed by atoms with van der Waals surface area (Å²) in [5.41, 5.74) is 1.41. The lowest BCUT2D eigenvalue weighted by Gasteiger charge is -2.52.